The van der Waals surface area contributed by atoms with Crippen molar-refractivity contribution in [1.82, 2.24) is 15.0 Å². The number of aromatic nitrogens is 3. The number of nitrogens with zero attached hydrogens (tertiary/aromatic N) is 4. The topological polar surface area (TPSA) is 93.6 Å². The highest BCUT2D eigenvalue weighted by atomic mass is 35.5. The number of piperazine rings is 1. The van der Waals surface area contributed by atoms with Crippen LogP contribution in [0.25, 0.3) is 0 Å². The lowest BCUT2D eigenvalue weighted by atomic mass is 10.2. The van der Waals surface area contributed by atoms with Gasteiger partial charge in [0.25, 0.3) is 0 Å². The molecule has 1 aromatic heterocycles. The Morgan fingerprint density at radius 1 is 1.10 bits per heavy atom. The maximum absolute atomic E-state index is 6.13. The fraction of sp³-hybridized carbons (Fsp3) is 0.286. The van der Waals surface area contributed by atoms with E-state index in [1.54, 1.807) is 7.11 Å². The Bertz CT molecular complexity index is 1010. The van der Waals surface area contributed by atoms with Gasteiger partial charge in [0.1, 0.15) is 12.3 Å². The number of benzene rings is 2. The Morgan fingerprint density at radius 2 is 1.90 bits per heavy atom. The molecule has 0 saturated carbocycles. The normalized spacial score (nSPS) is 14.5. The molecule has 1 fully saturated rings. The summed E-state index contributed by atoms with van der Waals surface area (Å²) in [5.74, 6) is 2.00. The number of halogens is 1. The number of anilines is 4. The zero-order chi connectivity index (χ0) is 20.9. The molecule has 4 rings (SSSR count). The molecule has 8 nitrogen and oxygen atoms in total. The van der Waals surface area contributed by atoms with Crippen molar-refractivity contribution >= 4 is 34.9 Å². The largest absolute Gasteiger partial charge is 0.495 e. The van der Waals surface area contributed by atoms with Gasteiger partial charge >= 0.3 is 0 Å². The first kappa shape index (κ1) is 20.2. The highest BCUT2D eigenvalue weighted by Crippen LogP contribution is 2.25. The van der Waals surface area contributed by atoms with Crippen LogP contribution in [0, 0.1) is 0 Å². The number of methoxy groups -OCH3 is 1. The molecule has 0 radical (unpaired) electrons. The van der Waals surface area contributed by atoms with Gasteiger partial charge in [0.2, 0.25) is 11.9 Å². The molecule has 30 heavy (non-hydrogen) atoms. The summed E-state index contributed by atoms with van der Waals surface area (Å²) in [6.45, 7) is 4.54. The van der Waals surface area contributed by atoms with E-state index in [4.69, 9.17) is 22.1 Å². The zero-order valence-electron chi connectivity index (χ0n) is 16.8. The van der Waals surface area contributed by atoms with Gasteiger partial charge < -0.3 is 25.6 Å². The monoisotopic (exact) mass is 426 g/mol. The third kappa shape index (κ3) is 4.90. The number of hydrogen-bond acceptors (Lipinski definition) is 7. The lowest BCUT2D eigenvalue weighted by molar-refractivity contribution is -0.915. The van der Waals surface area contributed by atoms with Crippen LogP contribution in [-0.4, -0.2) is 48.2 Å². The van der Waals surface area contributed by atoms with E-state index in [0.29, 0.717) is 24.1 Å². The van der Waals surface area contributed by atoms with E-state index in [-0.39, 0.29) is 5.95 Å². The molecular weight excluding hydrogens is 402 g/mol. The van der Waals surface area contributed by atoms with E-state index < -0.39 is 0 Å². The Balaban J connectivity index is 1.40. The second kappa shape index (κ2) is 9.15. The molecule has 156 valence electrons. The number of nitrogens with one attached hydrogen (secondary N) is 2. The molecular formula is C21H25ClN7O+. The van der Waals surface area contributed by atoms with Crippen LogP contribution in [0.2, 0.25) is 5.02 Å². The molecule has 1 saturated heterocycles. The van der Waals surface area contributed by atoms with Crippen molar-refractivity contribution in [1.29, 1.82) is 0 Å². The molecule has 0 amide bonds. The molecule has 2 aromatic carbocycles. The Hall–Kier alpha value is -3.10. The summed E-state index contributed by atoms with van der Waals surface area (Å²) in [6, 6.07) is 15.6. The first-order valence-corrected chi connectivity index (χ1v) is 10.2. The van der Waals surface area contributed by atoms with Gasteiger partial charge in [-0.25, -0.2) is 0 Å². The van der Waals surface area contributed by atoms with E-state index in [9.17, 15) is 0 Å². The SMILES string of the molecule is COc1ccccc1Nc1nc(N)nc(C[NH+]2CCN(c3cccc(Cl)c3)CC2)n1. The first-order chi connectivity index (χ1) is 14.6. The summed E-state index contributed by atoms with van der Waals surface area (Å²) in [6.07, 6.45) is 0. The lowest BCUT2D eigenvalue weighted by Crippen LogP contribution is -3.13. The predicted octanol–water partition coefficient (Wildman–Crippen LogP) is 1.76. The van der Waals surface area contributed by atoms with Crippen LogP contribution >= 0.6 is 11.6 Å². The number of rotatable bonds is 6. The van der Waals surface area contributed by atoms with Crippen molar-refractivity contribution in [3.8, 4) is 5.75 Å². The number of para-hydroxylation sites is 2. The number of quaternary nitrogens is 1. The average molecular weight is 427 g/mol. The van der Waals surface area contributed by atoms with Gasteiger partial charge in [0.05, 0.1) is 39.0 Å². The van der Waals surface area contributed by atoms with Crippen LogP contribution in [0.5, 0.6) is 5.75 Å². The lowest BCUT2D eigenvalue weighted by Gasteiger charge is -2.33. The van der Waals surface area contributed by atoms with E-state index in [1.807, 2.05) is 42.5 Å². The van der Waals surface area contributed by atoms with Gasteiger partial charge in [-0.3, -0.25) is 0 Å². The Labute approximate surface area is 180 Å². The smallest absolute Gasteiger partial charge is 0.232 e. The standard InChI is InChI=1S/C21H24ClN7O/c1-30-18-8-3-2-7-17(18)24-21-26-19(25-20(23)27-21)14-28-9-11-29(12-10-28)16-6-4-5-15(22)13-16/h2-8,13H,9-12,14H2,1H3,(H3,23,24,25,26,27)/p+1. The molecule has 1 aliphatic heterocycles. The highest BCUT2D eigenvalue weighted by Gasteiger charge is 2.22. The van der Waals surface area contributed by atoms with Crippen LogP contribution in [0.1, 0.15) is 5.82 Å². The summed E-state index contributed by atoms with van der Waals surface area (Å²) in [4.78, 5) is 16.9. The Kier molecular flexibility index (Phi) is 6.15. The third-order valence-corrected chi connectivity index (χ3v) is 5.34. The summed E-state index contributed by atoms with van der Waals surface area (Å²) in [5.41, 5.74) is 7.88. The van der Waals surface area contributed by atoms with Gasteiger partial charge in [-0.15, -0.1) is 0 Å². The molecule has 0 aliphatic carbocycles. The van der Waals surface area contributed by atoms with Gasteiger partial charge in [0, 0.05) is 10.7 Å². The number of nitrogen functional groups attached to an aromatic ring is 1. The van der Waals surface area contributed by atoms with Crippen molar-refractivity contribution in [3.05, 3.63) is 59.4 Å². The summed E-state index contributed by atoms with van der Waals surface area (Å²) in [5, 5.41) is 3.94. The summed E-state index contributed by atoms with van der Waals surface area (Å²) >= 11 is 6.13. The minimum absolute atomic E-state index is 0.203. The highest BCUT2D eigenvalue weighted by molar-refractivity contribution is 6.30. The second-order valence-corrected chi connectivity index (χ2v) is 7.59. The number of ether oxygens (including phenoxy) is 1. The molecule has 3 aromatic rings. The fourth-order valence-electron chi connectivity index (χ4n) is 3.60. The Morgan fingerprint density at radius 3 is 2.67 bits per heavy atom. The predicted molar refractivity (Wildman–Crippen MR) is 119 cm³/mol. The first-order valence-electron chi connectivity index (χ1n) is 9.85. The van der Waals surface area contributed by atoms with Gasteiger partial charge in [0.15, 0.2) is 5.82 Å². The van der Waals surface area contributed by atoms with Gasteiger partial charge in [-0.2, -0.15) is 15.0 Å². The van der Waals surface area contributed by atoms with Crippen LogP contribution in [0.15, 0.2) is 48.5 Å². The van der Waals surface area contributed by atoms with E-state index in [1.165, 1.54) is 4.90 Å². The van der Waals surface area contributed by atoms with Crippen molar-refractivity contribution in [2.75, 3.05) is 49.2 Å². The van der Waals surface area contributed by atoms with Crippen molar-refractivity contribution in [3.63, 3.8) is 0 Å². The molecule has 0 bridgehead atoms. The zero-order valence-corrected chi connectivity index (χ0v) is 17.6. The van der Waals surface area contributed by atoms with Crippen LogP contribution < -0.4 is 25.6 Å². The molecule has 1 aliphatic rings. The molecule has 4 N–H and O–H groups in total. The van der Waals surface area contributed by atoms with Gasteiger partial charge in [-0.05, 0) is 30.3 Å². The fourth-order valence-corrected chi connectivity index (χ4v) is 3.78. The van der Waals surface area contributed by atoms with Crippen molar-refractivity contribution < 1.29 is 9.64 Å². The van der Waals surface area contributed by atoms with Crippen molar-refractivity contribution in [2.24, 2.45) is 0 Å². The summed E-state index contributed by atoms with van der Waals surface area (Å²) < 4.78 is 5.37. The summed E-state index contributed by atoms with van der Waals surface area (Å²) in [7, 11) is 1.63. The molecule has 2 heterocycles. The number of nitrogens with two attached hydrogens (primary N) is 1. The van der Waals surface area contributed by atoms with E-state index >= 15 is 0 Å². The quantitative estimate of drug-likeness (QED) is 0.553. The average Bonchev–Trinajstić information content (AvgIpc) is 2.74. The van der Waals surface area contributed by atoms with Crippen LogP contribution in [-0.2, 0) is 6.54 Å². The third-order valence-electron chi connectivity index (χ3n) is 5.10. The molecule has 9 heteroatoms. The minimum Gasteiger partial charge on any atom is -0.495 e. The second-order valence-electron chi connectivity index (χ2n) is 7.15. The maximum atomic E-state index is 6.13. The molecule has 0 atom stereocenters. The van der Waals surface area contributed by atoms with Crippen molar-refractivity contribution in [2.45, 2.75) is 6.54 Å². The molecule has 0 spiro atoms. The van der Waals surface area contributed by atoms with Gasteiger partial charge in [-0.1, -0.05) is 29.8 Å². The number of hydrogen-bond donors (Lipinski definition) is 3. The minimum atomic E-state index is 0.203. The van der Waals surface area contributed by atoms with Crippen LogP contribution in [0.4, 0.5) is 23.3 Å². The molecule has 0 unspecified atom stereocenters. The maximum Gasteiger partial charge on any atom is 0.232 e. The van der Waals surface area contributed by atoms with Crippen LogP contribution in [0.3, 0.4) is 0 Å². The van der Waals surface area contributed by atoms with E-state index in [0.717, 1.165) is 42.6 Å². The van der Waals surface area contributed by atoms with E-state index in [2.05, 4.69) is 31.2 Å².